The summed E-state index contributed by atoms with van der Waals surface area (Å²) in [7, 11) is 1.65. The second-order valence-electron chi connectivity index (χ2n) is 4.31. The maximum absolute atomic E-state index is 11.8. The molecule has 0 aliphatic carbocycles. The van der Waals surface area contributed by atoms with E-state index in [4.69, 9.17) is 4.74 Å². The highest BCUT2D eigenvalue weighted by Gasteiger charge is 2.17. The topological polar surface area (TPSA) is 38.3 Å². The van der Waals surface area contributed by atoms with Gasteiger partial charge in [-0.1, -0.05) is 26.0 Å². The molecule has 0 saturated heterocycles. The molecule has 0 bridgehead atoms. The van der Waals surface area contributed by atoms with Gasteiger partial charge in [0, 0.05) is 12.8 Å². The van der Waals surface area contributed by atoms with Crippen LogP contribution < -0.4 is 5.32 Å². The van der Waals surface area contributed by atoms with Gasteiger partial charge in [-0.3, -0.25) is 4.79 Å². The van der Waals surface area contributed by atoms with Gasteiger partial charge in [-0.2, -0.15) is 12.6 Å². The first kappa shape index (κ1) is 14.1. The number of ether oxygens (including phenoxy) is 1. The van der Waals surface area contributed by atoms with Crippen LogP contribution in [0.4, 0.5) is 5.69 Å². The molecule has 17 heavy (non-hydrogen) atoms. The number of amides is 1. The normalized spacial score (nSPS) is 12.5. The van der Waals surface area contributed by atoms with Crippen LogP contribution in [-0.2, 0) is 16.1 Å². The molecule has 1 atom stereocenters. The first-order chi connectivity index (χ1) is 8.04. The van der Waals surface area contributed by atoms with E-state index in [-0.39, 0.29) is 17.1 Å². The highest BCUT2D eigenvalue weighted by Crippen LogP contribution is 2.15. The summed E-state index contributed by atoms with van der Waals surface area (Å²) in [5.41, 5.74) is 1.81. The number of methoxy groups -OCH3 is 1. The third-order valence-electron chi connectivity index (χ3n) is 2.41. The van der Waals surface area contributed by atoms with Crippen LogP contribution in [0, 0.1) is 5.92 Å². The van der Waals surface area contributed by atoms with E-state index in [1.807, 2.05) is 38.1 Å². The minimum Gasteiger partial charge on any atom is -0.380 e. The molecule has 1 N–H and O–H groups in total. The lowest BCUT2D eigenvalue weighted by Crippen LogP contribution is -2.27. The smallest absolute Gasteiger partial charge is 0.237 e. The van der Waals surface area contributed by atoms with Crippen LogP contribution in [0.15, 0.2) is 24.3 Å². The fourth-order valence-electron chi connectivity index (χ4n) is 1.42. The molecule has 1 unspecified atom stereocenters. The minimum absolute atomic E-state index is 0.0714. The molecule has 0 fully saturated rings. The lowest BCUT2D eigenvalue weighted by molar-refractivity contribution is -0.116. The SMILES string of the molecule is COCc1cccc(NC(=O)C(S)C(C)C)c1. The van der Waals surface area contributed by atoms with Crippen molar-refractivity contribution in [1.82, 2.24) is 0 Å². The molecule has 0 aromatic heterocycles. The summed E-state index contributed by atoms with van der Waals surface area (Å²) in [6, 6.07) is 7.62. The van der Waals surface area contributed by atoms with Crippen molar-refractivity contribution in [2.45, 2.75) is 25.7 Å². The quantitative estimate of drug-likeness (QED) is 0.792. The van der Waals surface area contributed by atoms with Gasteiger partial charge in [-0.25, -0.2) is 0 Å². The number of anilines is 1. The molecular formula is C13H19NO2S. The average Bonchev–Trinajstić information content (AvgIpc) is 2.28. The van der Waals surface area contributed by atoms with Crippen molar-refractivity contribution in [2.75, 3.05) is 12.4 Å². The Morgan fingerprint density at radius 3 is 2.76 bits per heavy atom. The Balaban J connectivity index is 2.68. The van der Waals surface area contributed by atoms with Crippen molar-refractivity contribution in [3.63, 3.8) is 0 Å². The molecule has 0 aliphatic heterocycles. The molecular weight excluding hydrogens is 234 g/mol. The number of hydrogen-bond donors (Lipinski definition) is 2. The molecule has 4 heteroatoms. The van der Waals surface area contributed by atoms with Crippen molar-refractivity contribution < 1.29 is 9.53 Å². The fraction of sp³-hybridized carbons (Fsp3) is 0.462. The zero-order valence-corrected chi connectivity index (χ0v) is 11.3. The molecule has 3 nitrogen and oxygen atoms in total. The molecule has 1 aromatic rings. The standard InChI is InChI=1S/C13H19NO2S/c1-9(2)12(17)13(15)14-11-6-4-5-10(7-11)8-16-3/h4-7,9,12,17H,8H2,1-3H3,(H,14,15). The van der Waals surface area contributed by atoms with Crippen molar-refractivity contribution >= 4 is 24.2 Å². The van der Waals surface area contributed by atoms with Gasteiger partial charge in [0.25, 0.3) is 0 Å². The number of carbonyl (C=O) groups excluding carboxylic acids is 1. The van der Waals surface area contributed by atoms with Gasteiger partial charge >= 0.3 is 0 Å². The maximum atomic E-state index is 11.8. The van der Waals surface area contributed by atoms with Crippen LogP contribution in [0.5, 0.6) is 0 Å². The molecule has 1 rings (SSSR count). The number of nitrogens with one attached hydrogen (secondary N) is 1. The van der Waals surface area contributed by atoms with Gasteiger partial charge in [-0.15, -0.1) is 0 Å². The van der Waals surface area contributed by atoms with E-state index in [1.165, 1.54) is 0 Å². The van der Waals surface area contributed by atoms with Crippen molar-refractivity contribution in [2.24, 2.45) is 5.92 Å². The molecule has 0 radical (unpaired) electrons. The van der Waals surface area contributed by atoms with E-state index in [9.17, 15) is 4.79 Å². The van der Waals surface area contributed by atoms with Gasteiger partial charge in [-0.05, 0) is 23.6 Å². The van der Waals surface area contributed by atoms with E-state index in [0.717, 1.165) is 11.3 Å². The summed E-state index contributed by atoms with van der Waals surface area (Å²) >= 11 is 4.28. The summed E-state index contributed by atoms with van der Waals surface area (Å²) < 4.78 is 5.05. The predicted molar refractivity (Wildman–Crippen MR) is 73.4 cm³/mol. The van der Waals surface area contributed by atoms with E-state index >= 15 is 0 Å². The molecule has 1 amide bonds. The lowest BCUT2D eigenvalue weighted by Gasteiger charge is -2.15. The molecule has 1 aromatic carbocycles. The zero-order valence-electron chi connectivity index (χ0n) is 10.4. The maximum Gasteiger partial charge on any atom is 0.237 e. The number of benzene rings is 1. The van der Waals surface area contributed by atoms with Gasteiger partial charge < -0.3 is 10.1 Å². The Morgan fingerprint density at radius 1 is 1.47 bits per heavy atom. The van der Waals surface area contributed by atoms with Crippen LogP contribution >= 0.6 is 12.6 Å². The van der Waals surface area contributed by atoms with Gasteiger partial charge in [0.15, 0.2) is 0 Å². The summed E-state index contributed by atoms with van der Waals surface area (Å²) in [5.74, 6) is 0.137. The van der Waals surface area contributed by atoms with Crippen LogP contribution in [-0.4, -0.2) is 18.3 Å². The first-order valence-corrected chi connectivity index (χ1v) is 6.13. The average molecular weight is 253 g/mol. The second-order valence-corrected chi connectivity index (χ2v) is 4.87. The molecule has 0 heterocycles. The zero-order chi connectivity index (χ0) is 12.8. The Hall–Kier alpha value is -1.00. The van der Waals surface area contributed by atoms with Crippen molar-refractivity contribution in [3.8, 4) is 0 Å². The molecule has 0 aliphatic rings. The van der Waals surface area contributed by atoms with Crippen LogP contribution in [0.25, 0.3) is 0 Å². The summed E-state index contributed by atoms with van der Waals surface area (Å²) in [6.07, 6.45) is 0. The van der Waals surface area contributed by atoms with Crippen molar-refractivity contribution in [1.29, 1.82) is 0 Å². The van der Waals surface area contributed by atoms with Crippen LogP contribution in [0.1, 0.15) is 19.4 Å². The first-order valence-electron chi connectivity index (χ1n) is 5.61. The van der Waals surface area contributed by atoms with Gasteiger partial charge in [0.1, 0.15) is 0 Å². The molecule has 0 spiro atoms. The van der Waals surface area contributed by atoms with Crippen LogP contribution in [0.2, 0.25) is 0 Å². The Morgan fingerprint density at radius 2 is 2.18 bits per heavy atom. The Bertz CT molecular complexity index is 379. The van der Waals surface area contributed by atoms with E-state index in [0.29, 0.717) is 6.61 Å². The highest BCUT2D eigenvalue weighted by atomic mass is 32.1. The second kappa shape index (κ2) is 6.67. The Kier molecular flexibility index (Phi) is 5.51. The van der Waals surface area contributed by atoms with Gasteiger partial charge in [0.05, 0.1) is 11.9 Å². The number of rotatable bonds is 5. The summed E-state index contributed by atoms with van der Waals surface area (Å²) in [6.45, 7) is 4.48. The minimum atomic E-state index is -0.291. The number of hydrogen-bond acceptors (Lipinski definition) is 3. The third kappa shape index (κ3) is 4.40. The Labute approximate surface area is 108 Å². The van der Waals surface area contributed by atoms with Gasteiger partial charge in [0.2, 0.25) is 5.91 Å². The summed E-state index contributed by atoms with van der Waals surface area (Å²) in [4.78, 5) is 11.8. The van der Waals surface area contributed by atoms with Crippen molar-refractivity contribution in [3.05, 3.63) is 29.8 Å². The molecule has 0 saturated carbocycles. The van der Waals surface area contributed by atoms with E-state index < -0.39 is 0 Å². The number of carbonyl (C=O) groups is 1. The molecule has 94 valence electrons. The van der Waals surface area contributed by atoms with E-state index in [1.54, 1.807) is 7.11 Å². The highest BCUT2D eigenvalue weighted by molar-refractivity contribution is 7.81. The monoisotopic (exact) mass is 253 g/mol. The largest absolute Gasteiger partial charge is 0.380 e. The lowest BCUT2D eigenvalue weighted by atomic mass is 10.1. The van der Waals surface area contributed by atoms with Crippen LogP contribution in [0.3, 0.4) is 0 Å². The predicted octanol–water partition coefficient (Wildman–Crippen LogP) is 2.73. The van der Waals surface area contributed by atoms with E-state index in [2.05, 4.69) is 17.9 Å². The summed E-state index contributed by atoms with van der Waals surface area (Å²) in [5, 5.41) is 2.56. The fourth-order valence-corrected chi connectivity index (χ4v) is 1.49. The number of thiol groups is 1. The third-order valence-corrected chi connectivity index (χ3v) is 3.24.